The van der Waals surface area contributed by atoms with Crippen LogP contribution in [0.15, 0.2) is 18.2 Å². The Kier molecular flexibility index (Phi) is 4.53. The lowest BCUT2D eigenvalue weighted by Crippen LogP contribution is -2.64. The van der Waals surface area contributed by atoms with E-state index in [-0.39, 0.29) is 16.4 Å². The zero-order valence-electron chi connectivity index (χ0n) is 12.7. The van der Waals surface area contributed by atoms with Gasteiger partial charge in [-0.3, -0.25) is 4.90 Å². The Morgan fingerprint density at radius 1 is 1.33 bits per heavy atom. The second-order valence-corrected chi connectivity index (χ2v) is 7.07. The van der Waals surface area contributed by atoms with Gasteiger partial charge in [0.05, 0.1) is 5.02 Å². The zero-order chi connectivity index (χ0) is 14.9. The van der Waals surface area contributed by atoms with E-state index in [1.54, 1.807) is 6.07 Å². The molecule has 0 aromatic heterocycles. The van der Waals surface area contributed by atoms with Crippen molar-refractivity contribution in [1.29, 1.82) is 0 Å². The van der Waals surface area contributed by atoms with Crippen LogP contribution in [0.2, 0.25) is 5.02 Å². The Bertz CT molecular complexity index is 500. The van der Waals surface area contributed by atoms with Crippen LogP contribution in [0.1, 0.15) is 44.6 Å². The van der Waals surface area contributed by atoms with Crippen LogP contribution in [0, 0.1) is 5.82 Å². The van der Waals surface area contributed by atoms with Gasteiger partial charge in [0, 0.05) is 36.8 Å². The molecule has 2 fully saturated rings. The van der Waals surface area contributed by atoms with E-state index in [9.17, 15) is 4.39 Å². The number of rotatable bonds is 2. The highest BCUT2D eigenvalue weighted by molar-refractivity contribution is 6.30. The topological polar surface area (TPSA) is 15.3 Å². The van der Waals surface area contributed by atoms with Gasteiger partial charge in [0.2, 0.25) is 0 Å². The first-order valence-corrected chi connectivity index (χ1v) is 8.40. The number of nitrogens with zero attached hydrogens (tertiary/aromatic N) is 1. The Morgan fingerprint density at radius 2 is 2.10 bits per heavy atom. The molecule has 21 heavy (non-hydrogen) atoms. The molecule has 1 aromatic carbocycles. The third kappa shape index (κ3) is 3.10. The number of piperazine rings is 1. The highest BCUT2D eigenvalue weighted by atomic mass is 35.5. The molecular formula is C17H24ClFN2. The molecular weight excluding hydrogens is 287 g/mol. The Labute approximate surface area is 131 Å². The predicted molar refractivity (Wildman–Crippen MR) is 85.1 cm³/mol. The smallest absolute Gasteiger partial charge is 0.146 e. The summed E-state index contributed by atoms with van der Waals surface area (Å²) in [6.07, 6.45) is 6.33. The molecule has 2 nitrogen and oxygen atoms in total. The molecule has 1 N–H and O–H groups in total. The molecule has 0 amide bonds. The third-order valence-electron chi connectivity index (χ3n) is 5.12. The molecule has 1 atom stereocenters. The summed E-state index contributed by atoms with van der Waals surface area (Å²) in [4.78, 5) is 2.50. The van der Waals surface area contributed by atoms with E-state index in [1.807, 2.05) is 12.1 Å². The maximum atomic E-state index is 14.2. The van der Waals surface area contributed by atoms with Crippen molar-refractivity contribution in [3.8, 4) is 0 Å². The summed E-state index contributed by atoms with van der Waals surface area (Å²) in [6, 6.07) is 5.79. The van der Waals surface area contributed by atoms with Gasteiger partial charge in [-0.15, -0.1) is 0 Å². The quantitative estimate of drug-likeness (QED) is 0.889. The first-order chi connectivity index (χ1) is 10.1. The zero-order valence-corrected chi connectivity index (χ0v) is 13.4. The fourth-order valence-corrected chi connectivity index (χ4v) is 4.07. The number of halogens is 2. The molecule has 2 aliphatic rings. The molecule has 0 bridgehead atoms. The average Bonchev–Trinajstić information content (AvgIpc) is 2.49. The minimum Gasteiger partial charge on any atom is -0.311 e. The van der Waals surface area contributed by atoms with Gasteiger partial charge in [-0.25, -0.2) is 4.39 Å². The van der Waals surface area contributed by atoms with Gasteiger partial charge < -0.3 is 5.32 Å². The van der Waals surface area contributed by atoms with Gasteiger partial charge in [0.15, 0.2) is 0 Å². The molecule has 1 heterocycles. The lowest BCUT2D eigenvalue weighted by molar-refractivity contribution is 0.00548. The largest absolute Gasteiger partial charge is 0.311 e. The summed E-state index contributed by atoms with van der Waals surface area (Å²) in [5, 5.41) is 3.85. The van der Waals surface area contributed by atoms with Crippen LogP contribution >= 0.6 is 11.6 Å². The van der Waals surface area contributed by atoms with Gasteiger partial charge in [-0.2, -0.15) is 0 Å². The molecule has 1 spiro atoms. The van der Waals surface area contributed by atoms with E-state index in [0.717, 1.165) is 18.7 Å². The fourth-order valence-electron chi connectivity index (χ4n) is 3.88. The van der Waals surface area contributed by atoms with Gasteiger partial charge in [-0.05, 0) is 25.8 Å². The summed E-state index contributed by atoms with van der Waals surface area (Å²) >= 11 is 5.93. The van der Waals surface area contributed by atoms with E-state index in [4.69, 9.17) is 11.6 Å². The molecule has 1 aromatic rings. The molecule has 116 valence electrons. The van der Waals surface area contributed by atoms with Crippen LogP contribution in [0.4, 0.5) is 4.39 Å². The monoisotopic (exact) mass is 310 g/mol. The lowest BCUT2D eigenvalue weighted by atomic mass is 9.78. The molecule has 0 radical (unpaired) electrons. The Balaban J connectivity index is 1.84. The summed E-state index contributed by atoms with van der Waals surface area (Å²) in [6.45, 7) is 4.87. The minimum atomic E-state index is -0.253. The fraction of sp³-hybridized carbons (Fsp3) is 0.647. The summed E-state index contributed by atoms with van der Waals surface area (Å²) in [5.41, 5.74) is 0.932. The number of hydrogen-bond donors (Lipinski definition) is 1. The summed E-state index contributed by atoms with van der Waals surface area (Å²) in [7, 11) is 0. The summed E-state index contributed by atoms with van der Waals surface area (Å²) < 4.78 is 14.2. The highest BCUT2D eigenvalue weighted by Gasteiger charge is 2.41. The molecule has 1 unspecified atom stereocenters. The number of nitrogens with one attached hydrogen (secondary N) is 1. The van der Waals surface area contributed by atoms with Gasteiger partial charge in [0.25, 0.3) is 0 Å². The normalized spacial score (nSPS) is 26.1. The van der Waals surface area contributed by atoms with E-state index in [2.05, 4.69) is 17.1 Å². The maximum absolute atomic E-state index is 14.2. The minimum absolute atomic E-state index is 0.208. The van der Waals surface area contributed by atoms with Crippen molar-refractivity contribution in [2.24, 2.45) is 0 Å². The van der Waals surface area contributed by atoms with Crippen molar-refractivity contribution in [1.82, 2.24) is 10.2 Å². The lowest BCUT2D eigenvalue weighted by Gasteiger charge is -2.51. The molecule has 1 aliphatic carbocycles. The molecule has 1 saturated heterocycles. The van der Waals surface area contributed by atoms with Crippen molar-refractivity contribution in [2.75, 3.05) is 13.1 Å². The van der Waals surface area contributed by atoms with Crippen LogP contribution in [0.3, 0.4) is 0 Å². The summed E-state index contributed by atoms with van der Waals surface area (Å²) in [5.74, 6) is -0.253. The van der Waals surface area contributed by atoms with Crippen molar-refractivity contribution in [3.63, 3.8) is 0 Å². The second kappa shape index (κ2) is 6.23. The maximum Gasteiger partial charge on any atom is 0.146 e. The van der Waals surface area contributed by atoms with Crippen molar-refractivity contribution in [2.45, 2.75) is 57.2 Å². The SMILES string of the molecule is CC1CN(Cc2cccc(Cl)c2F)C2(CCCCC2)CN1. The van der Waals surface area contributed by atoms with Crippen LogP contribution in [0.5, 0.6) is 0 Å². The van der Waals surface area contributed by atoms with Crippen molar-refractivity contribution < 1.29 is 4.39 Å². The molecule has 3 rings (SSSR count). The van der Waals surface area contributed by atoms with E-state index in [1.165, 1.54) is 32.1 Å². The van der Waals surface area contributed by atoms with E-state index < -0.39 is 0 Å². The van der Waals surface area contributed by atoms with Crippen LogP contribution in [0.25, 0.3) is 0 Å². The van der Waals surface area contributed by atoms with Crippen LogP contribution in [-0.4, -0.2) is 29.6 Å². The van der Waals surface area contributed by atoms with Gasteiger partial charge >= 0.3 is 0 Å². The first-order valence-electron chi connectivity index (χ1n) is 8.02. The Hall–Kier alpha value is -0.640. The Morgan fingerprint density at radius 3 is 2.86 bits per heavy atom. The van der Waals surface area contributed by atoms with Crippen LogP contribution in [-0.2, 0) is 6.54 Å². The highest BCUT2D eigenvalue weighted by Crippen LogP contribution is 2.36. The third-order valence-corrected chi connectivity index (χ3v) is 5.41. The molecule has 1 saturated carbocycles. The molecule has 4 heteroatoms. The first kappa shape index (κ1) is 15.3. The van der Waals surface area contributed by atoms with E-state index >= 15 is 0 Å². The van der Waals surface area contributed by atoms with Crippen molar-refractivity contribution in [3.05, 3.63) is 34.6 Å². The second-order valence-electron chi connectivity index (χ2n) is 6.66. The van der Waals surface area contributed by atoms with Crippen LogP contribution < -0.4 is 5.32 Å². The van der Waals surface area contributed by atoms with E-state index in [0.29, 0.717) is 12.6 Å². The predicted octanol–water partition coefficient (Wildman–Crippen LogP) is 3.98. The molecule has 1 aliphatic heterocycles. The average molecular weight is 311 g/mol. The number of hydrogen-bond acceptors (Lipinski definition) is 2. The van der Waals surface area contributed by atoms with Gasteiger partial charge in [0.1, 0.15) is 5.82 Å². The van der Waals surface area contributed by atoms with Gasteiger partial charge in [-0.1, -0.05) is 43.0 Å². The standard InChI is InChI=1S/C17H24ClFN2/c1-13-10-21(11-14-6-5-7-15(18)16(14)19)17(12-20-13)8-3-2-4-9-17/h5-7,13,20H,2-4,8-12H2,1H3. The van der Waals surface area contributed by atoms with Crippen molar-refractivity contribution >= 4 is 11.6 Å². The number of benzene rings is 1.